The minimum absolute atomic E-state index is 0.138. The van der Waals surface area contributed by atoms with Crippen LogP contribution in [0.2, 0.25) is 0 Å². The number of carbonyl (C=O) groups is 1. The van der Waals surface area contributed by atoms with Gasteiger partial charge in [0.1, 0.15) is 5.83 Å². The molecule has 0 aromatic heterocycles. The van der Waals surface area contributed by atoms with E-state index in [4.69, 9.17) is 0 Å². The molecular formula is C30H34F4N4O. The Morgan fingerprint density at radius 2 is 1.97 bits per heavy atom. The lowest BCUT2D eigenvalue weighted by molar-refractivity contribution is -0.0945. The Morgan fingerprint density at radius 1 is 1.23 bits per heavy atom. The third-order valence-electron chi connectivity index (χ3n) is 7.76. The highest BCUT2D eigenvalue weighted by molar-refractivity contribution is 5.78. The second kappa shape index (κ2) is 11.8. The molecule has 1 unspecified atom stereocenters. The van der Waals surface area contributed by atoms with Crippen LogP contribution < -0.4 is 5.32 Å². The summed E-state index contributed by atoms with van der Waals surface area (Å²) in [6, 6.07) is 9.07. The second-order valence-electron chi connectivity index (χ2n) is 10.9. The molecule has 1 fully saturated rings. The van der Waals surface area contributed by atoms with E-state index in [9.17, 15) is 27.6 Å². The highest BCUT2D eigenvalue weighted by Gasteiger charge is 2.39. The number of urea groups is 1. The van der Waals surface area contributed by atoms with Crippen LogP contribution in [0, 0.1) is 16.7 Å². The number of amides is 2. The third kappa shape index (κ3) is 6.99. The van der Waals surface area contributed by atoms with E-state index in [0.29, 0.717) is 31.5 Å². The summed E-state index contributed by atoms with van der Waals surface area (Å²) in [5.41, 5.74) is 1.15. The number of allylic oxidation sites excluding steroid dienone is 6. The Kier molecular flexibility index (Phi) is 8.65. The summed E-state index contributed by atoms with van der Waals surface area (Å²) in [6.45, 7) is 7.25. The maximum Gasteiger partial charge on any atom is 0.415 e. The molecule has 0 bridgehead atoms. The summed E-state index contributed by atoms with van der Waals surface area (Å²) in [7, 11) is 0. The van der Waals surface area contributed by atoms with Crippen LogP contribution in [-0.2, 0) is 0 Å². The minimum Gasteiger partial charge on any atom is -0.319 e. The van der Waals surface area contributed by atoms with Crippen molar-refractivity contribution >= 4 is 11.6 Å². The molecule has 1 N–H and O–H groups in total. The van der Waals surface area contributed by atoms with E-state index in [2.05, 4.69) is 36.2 Å². The van der Waals surface area contributed by atoms with Crippen LogP contribution in [0.15, 0.2) is 65.7 Å². The van der Waals surface area contributed by atoms with Crippen molar-refractivity contribution in [2.75, 3.05) is 26.2 Å². The van der Waals surface area contributed by atoms with Gasteiger partial charge in [-0.15, -0.1) is 0 Å². The first-order valence-electron chi connectivity index (χ1n) is 13.3. The fourth-order valence-corrected chi connectivity index (χ4v) is 5.69. The van der Waals surface area contributed by atoms with Gasteiger partial charge in [0.15, 0.2) is 0 Å². The highest BCUT2D eigenvalue weighted by atomic mass is 19.4. The molecule has 4 rings (SSSR count). The van der Waals surface area contributed by atoms with E-state index in [0.717, 1.165) is 43.1 Å². The average Bonchev–Trinajstić information content (AvgIpc) is 3.33. The van der Waals surface area contributed by atoms with Gasteiger partial charge in [-0.1, -0.05) is 38.1 Å². The van der Waals surface area contributed by atoms with Crippen LogP contribution in [0.1, 0.15) is 57.1 Å². The number of carbonyl (C=O) groups excluding carboxylic acids is 1. The normalized spacial score (nSPS) is 21.6. The van der Waals surface area contributed by atoms with Gasteiger partial charge in [-0.2, -0.15) is 18.4 Å². The number of benzene rings is 1. The first-order chi connectivity index (χ1) is 18.5. The van der Waals surface area contributed by atoms with Gasteiger partial charge in [0.25, 0.3) is 0 Å². The Balaban J connectivity index is 1.56. The van der Waals surface area contributed by atoms with E-state index >= 15 is 0 Å². The summed E-state index contributed by atoms with van der Waals surface area (Å²) in [4.78, 5) is 17.7. The van der Waals surface area contributed by atoms with Crippen molar-refractivity contribution in [1.82, 2.24) is 15.1 Å². The molecule has 1 aromatic carbocycles. The van der Waals surface area contributed by atoms with Crippen molar-refractivity contribution in [2.45, 2.75) is 58.2 Å². The molecule has 5 nitrogen and oxygen atoms in total. The maximum absolute atomic E-state index is 14.1. The smallest absolute Gasteiger partial charge is 0.319 e. The van der Waals surface area contributed by atoms with Crippen LogP contribution >= 0.6 is 0 Å². The second-order valence-corrected chi connectivity index (χ2v) is 10.9. The van der Waals surface area contributed by atoms with E-state index in [1.54, 1.807) is 11.0 Å². The summed E-state index contributed by atoms with van der Waals surface area (Å²) in [5, 5.41) is 12.0. The van der Waals surface area contributed by atoms with Crippen LogP contribution in [0.25, 0.3) is 5.57 Å². The lowest BCUT2D eigenvalue weighted by Crippen LogP contribution is -2.54. The molecule has 0 saturated carbocycles. The first kappa shape index (κ1) is 28.6. The SMILES string of the molecule is CC1(C)C=C(c2cccc(C#N)c2)CCC1N(CCN1CCCC1)C(=O)NC1=CCC(C(F)(F)F)=C(F)C=C1. The molecule has 3 aliphatic rings. The zero-order valence-electron chi connectivity index (χ0n) is 22.3. The number of nitriles is 1. The zero-order valence-corrected chi connectivity index (χ0v) is 22.3. The number of halogens is 4. The molecular weight excluding hydrogens is 508 g/mol. The van der Waals surface area contributed by atoms with E-state index in [-0.39, 0.29) is 11.7 Å². The Bertz CT molecular complexity index is 1250. The van der Waals surface area contributed by atoms with E-state index in [1.165, 1.54) is 12.2 Å². The van der Waals surface area contributed by atoms with Gasteiger partial charge in [0, 0.05) is 36.7 Å². The van der Waals surface area contributed by atoms with Gasteiger partial charge in [-0.25, -0.2) is 9.18 Å². The van der Waals surface area contributed by atoms with Crippen molar-refractivity contribution < 1.29 is 22.4 Å². The predicted molar refractivity (Wildman–Crippen MR) is 143 cm³/mol. The van der Waals surface area contributed by atoms with Crippen LogP contribution in [0.5, 0.6) is 0 Å². The molecule has 1 atom stereocenters. The number of hydrogen-bond donors (Lipinski definition) is 1. The monoisotopic (exact) mass is 542 g/mol. The van der Waals surface area contributed by atoms with Gasteiger partial charge in [0.05, 0.1) is 17.2 Å². The Labute approximate surface area is 227 Å². The number of likely N-dealkylation sites (tertiary alicyclic amines) is 1. The molecule has 208 valence electrons. The van der Waals surface area contributed by atoms with Crippen molar-refractivity contribution in [3.05, 3.63) is 76.8 Å². The summed E-state index contributed by atoms with van der Waals surface area (Å²) >= 11 is 0. The standard InChI is InChI=1S/C30H34F4N4O/c1-29(2)19-23(22-7-5-6-21(18-22)20-35)8-13-27(29)38(17-16-37-14-3-4-15-37)28(39)36-24-9-11-25(30(32,33)34)26(31)12-10-24/h5-7,9-10,12,18-19,27H,3-4,8,11,13-17H2,1-2H3,(H,36,39). The molecule has 9 heteroatoms. The van der Waals surface area contributed by atoms with Gasteiger partial charge in [-0.05, 0) is 74.2 Å². The van der Waals surface area contributed by atoms with Crippen LogP contribution in [0.3, 0.4) is 0 Å². The van der Waals surface area contributed by atoms with Gasteiger partial charge >= 0.3 is 12.2 Å². The lowest BCUT2D eigenvalue weighted by Gasteiger charge is -2.44. The lowest BCUT2D eigenvalue weighted by atomic mass is 9.73. The molecule has 1 saturated heterocycles. The number of rotatable bonds is 6. The third-order valence-corrected chi connectivity index (χ3v) is 7.76. The largest absolute Gasteiger partial charge is 0.415 e. The average molecular weight is 543 g/mol. The fourth-order valence-electron chi connectivity index (χ4n) is 5.69. The van der Waals surface area contributed by atoms with E-state index in [1.807, 2.05) is 18.2 Å². The van der Waals surface area contributed by atoms with Gasteiger partial charge in [0.2, 0.25) is 0 Å². The Morgan fingerprint density at radius 3 is 2.64 bits per heavy atom. The maximum atomic E-state index is 14.1. The Hall–Kier alpha value is -3.38. The number of hydrogen-bond acceptors (Lipinski definition) is 3. The number of nitrogens with one attached hydrogen (secondary N) is 1. The van der Waals surface area contributed by atoms with Crippen molar-refractivity contribution in [2.24, 2.45) is 5.41 Å². The molecule has 0 spiro atoms. The summed E-state index contributed by atoms with van der Waals surface area (Å²) < 4.78 is 53.6. The van der Waals surface area contributed by atoms with Crippen LogP contribution in [0.4, 0.5) is 22.4 Å². The molecule has 2 amide bonds. The van der Waals surface area contributed by atoms with Gasteiger partial charge in [-0.3, -0.25) is 0 Å². The molecule has 39 heavy (non-hydrogen) atoms. The topological polar surface area (TPSA) is 59.4 Å². The quantitative estimate of drug-likeness (QED) is 0.399. The van der Waals surface area contributed by atoms with Crippen molar-refractivity contribution in [1.29, 1.82) is 5.26 Å². The highest BCUT2D eigenvalue weighted by Crippen LogP contribution is 2.41. The molecule has 1 aromatic rings. The molecule has 0 radical (unpaired) electrons. The zero-order chi connectivity index (χ0) is 28.2. The van der Waals surface area contributed by atoms with Crippen LogP contribution in [-0.4, -0.2) is 54.2 Å². The van der Waals surface area contributed by atoms with Crippen molar-refractivity contribution in [3.63, 3.8) is 0 Å². The minimum atomic E-state index is -4.78. The molecule has 2 aliphatic carbocycles. The van der Waals surface area contributed by atoms with Gasteiger partial charge < -0.3 is 15.1 Å². The molecule has 1 heterocycles. The van der Waals surface area contributed by atoms with E-state index < -0.39 is 35.4 Å². The molecule has 1 aliphatic heterocycles. The fraction of sp³-hybridized carbons (Fsp3) is 0.467. The summed E-state index contributed by atoms with van der Waals surface area (Å²) in [6.07, 6.45) is 3.49. The summed E-state index contributed by atoms with van der Waals surface area (Å²) in [5.74, 6) is -1.35. The predicted octanol–water partition coefficient (Wildman–Crippen LogP) is 6.87. The van der Waals surface area contributed by atoms with Crippen molar-refractivity contribution in [3.8, 4) is 6.07 Å². The first-order valence-corrected chi connectivity index (χ1v) is 13.3. The number of nitrogens with zero attached hydrogens (tertiary/aromatic N) is 3. The number of alkyl halides is 3.